The highest BCUT2D eigenvalue weighted by Gasteiger charge is 2.26. The highest BCUT2D eigenvalue weighted by atomic mass is 16.2. The largest absolute Gasteiger partial charge is 0.337 e. The molecule has 0 N–H and O–H groups in total. The Hall–Kier alpha value is -2.89. The zero-order valence-corrected chi connectivity index (χ0v) is 15.4. The molecule has 2 aromatic heterocycles. The molecule has 0 radical (unpaired) electrons. The first-order chi connectivity index (χ1) is 12.5. The molecule has 0 atom stereocenters. The molecule has 6 heteroatoms. The summed E-state index contributed by atoms with van der Waals surface area (Å²) < 4.78 is 3.72. The number of fused-ring (bicyclic) bond motifs is 1. The third kappa shape index (κ3) is 2.81. The van der Waals surface area contributed by atoms with Crippen LogP contribution in [0.3, 0.4) is 0 Å². The fourth-order valence-electron chi connectivity index (χ4n) is 3.64. The number of aryl methyl sites for hydroxylation is 3. The van der Waals surface area contributed by atoms with Crippen LogP contribution in [-0.2, 0) is 26.9 Å². The van der Waals surface area contributed by atoms with E-state index in [4.69, 9.17) is 5.10 Å². The van der Waals surface area contributed by atoms with E-state index < -0.39 is 0 Å². The first-order valence-corrected chi connectivity index (χ1v) is 8.94. The van der Waals surface area contributed by atoms with Gasteiger partial charge in [-0.05, 0) is 19.4 Å². The van der Waals surface area contributed by atoms with E-state index in [9.17, 15) is 4.79 Å². The van der Waals surface area contributed by atoms with E-state index in [2.05, 4.69) is 17.2 Å². The molecule has 0 spiro atoms. The smallest absolute Gasteiger partial charge is 0.274 e. The predicted molar refractivity (Wildman–Crippen MR) is 99.9 cm³/mol. The average Bonchev–Trinajstić information content (AvgIpc) is 3.05. The van der Waals surface area contributed by atoms with Crippen LogP contribution in [0.4, 0.5) is 0 Å². The lowest BCUT2D eigenvalue weighted by Crippen LogP contribution is -2.33. The fourth-order valence-corrected chi connectivity index (χ4v) is 3.64. The quantitative estimate of drug-likeness (QED) is 0.714. The molecule has 4 rings (SSSR count). The van der Waals surface area contributed by atoms with Crippen molar-refractivity contribution in [1.29, 1.82) is 0 Å². The number of carbonyl (C=O) groups is 1. The maximum Gasteiger partial charge on any atom is 0.274 e. The van der Waals surface area contributed by atoms with Gasteiger partial charge in [-0.25, -0.2) is 0 Å². The van der Waals surface area contributed by atoms with Crippen LogP contribution < -0.4 is 0 Å². The van der Waals surface area contributed by atoms with E-state index in [-0.39, 0.29) is 5.91 Å². The average molecular weight is 349 g/mol. The van der Waals surface area contributed by atoms with Gasteiger partial charge in [0.1, 0.15) is 0 Å². The van der Waals surface area contributed by atoms with E-state index >= 15 is 0 Å². The van der Waals surface area contributed by atoms with Crippen molar-refractivity contribution in [2.75, 3.05) is 13.1 Å². The Labute approximate surface area is 153 Å². The minimum Gasteiger partial charge on any atom is -0.337 e. The number of nitrogens with zero attached hydrogens (tertiary/aromatic N) is 5. The molecule has 1 aliphatic rings. The van der Waals surface area contributed by atoms with E-state index in [1.807, 2.05) is 54.9 Å². The molecule has 0 saturated carbocycles. The summed E-state index contributed by atoms with van der Waals surface area (Å²) in [5, 5.41) is 9.09. The van der Waals surface area contributed by atoms with Crippen LogP contribution in [0, 0.1) is 6.92 Å². The lowest BCUT2D eigenvalue weighted by molar-refractivity contribution is 0.0756. The molecule has 1 aliphatic heterocycles. The molecule has 0 saturated heterocycles. The van der Waals surface area contributed by atoms with Crippen LogP contribution in [-0.4, -0.2) is 43.5 Å². The molecule has 0 fully saturated rings. The number of hydrogen-bond acceptors (Lipinski definition) is 3. The number of benzene rings is 1. The molecule has 0 bridgehead atoms. The van der Waals surface area contributed by atoms with Crippen LogP contribution >= 0.6 is 0 Å². The third-order valence-electron chi connectivity index (χ3n) is 5.19. The topological polar surface area (TPSA) is 56.0 Å². The number of carbonyl (C=O) groups excluding carboxylic acids is 1. The third-order valence-corrected chi connectivity index (χ3v) is 5.19. The second-order valence-corrected chi connectivity index (χ2v) is 6.85. The maximum atomic E-state index is 12.9. The Morgan fingerprint density at radius 3 is 2.42 bits per heavy atom. The second kappa shape index (κ2) is 6.44. The van der Waals surface area contributed by atoms with Crippen LogP contribution in [0.5, 0.6) is 0 Å². The zero-order chi connectivity index (χ0) is 18.3. The summed E-state index contributed by atoms with van der Waals surface area (Å²) in [6.07, 6.45) is 1.62. The summed E-state index contributed by atoms with van der Waals surface area (Å²) in [7, 11) is 3.85. The Kier molecular flexibility index (Phi) is 4.11. The van der Waals surface area contributed by atoms with Crippen molar-refractivity contribution < 1.29 is 4.79 Å². The lowest BCUT2D eigenvalue weighted by atomic mass is 10.0. The Balaban J connectivity index is 1.61. The minimum atomic E-state index is 0.00993. The van der Waals surface area contributed by atoms with Crippen molar-refractivity contribution in [3.63, 3.8) is 0 Å². The molecule has 134 valence electrons. The van der Waals surface area contributed by atoms with E-state index in [1.165, 1.54) is 11.3 Å². The molecular formula is C20H23N5O. The minimum absolute atomic E-state index is 0.00993. The summed E-state index contributed by atoms with van der Waals surface area (Å²) in [5.74, 6) is 0.00993. The van der Waals surface area contributed by atoms with Crippen LogP contribution in [0.2, 0.25) is 0 Å². The van der Waals surface area contributed by atoms with Crippen molar-refractivity contribution in [3.05, 3.63) is 59.0 Å². The van der Waals surface area contributed by atoms with Crippen LogP contribution in [0.25, 0.3) is 11.3 Å². The van der Waals surface area contributed by atoms with Gasteiger partial charge >= 0.3 is 0 Å². The first-order valence-electron chi connectivity index (χ1n) is 8.94. The highest BCUT2D eigenvalue weighted by molar-refractivity contribution is 5.92. The predicted octanol–water partition coefficient (Wildman–Crippen LogP) is 2.37. The van der Waals surface area contributed by atoms with Gasteiger partial charge in [-0.2, -0.15) is 10.2 Å². The fraction of sp³-hybridized carbons (Fsp3) is 0.350. The molecule has 0 unspecified atom stereocenters. The molecule has 6 nitrogen and oxygen atoms in total. The molecular weight excluding hydrogens is 326 g/mol. The summed E-state index contributed by atoms with van der Waals surface area (Å²) in [4.78, 5) is 14.8. The van der Waals surface area contributed by atoms with Crippen molar-refractivity contribution in [3.8, 4) is 11.3 Å². The van der Waals surface area contributed by atoms with Gasteiger partial charge in [-0.3, -0.25) is 14.2 Å². The van der Waals surface area contributed by atoms with Gasteiger partial charge in [0.2, 0.25) is 0 Å². The second-order valence-electron chi connectivity index (χ2n) is 6.85. The molecule has 1 aromatic carbocycles. The van der Waals surface area contributed by atoms with Gasteiger partial charge in [0.05, 0.1) is 5.69 Å². The summed E-state index contributed by atoms with van der Waals surface area (Å²) in [6, 6.07) is 12.1. The van der Waals surface area contributed by atoms with Gasteiger partial charge in [0, 0.05) is 56.1 Å². The highest BCUT2D eigenvalue weighted by Crippen LogP contribution is 2.28. The zero-order valence-electron chi connectivity index (χ0n) is 15.4. The number of hydrogen-bond donors (Lipinski definition) is 0. The van der Waals surface area contributed by atoms with E-state index in [1.54, 1.807) is 4.68 Å². The van der Waals surface area contributed by atoms with Crippen molar-refractivity contribution >= 4 is 5.91 Å². The van der Waals surface area contributed by atoms with Gasteiger partial charge < -0.3 is 4.90 Å². The van der Waals surface area contributed by atoms with Gasteiger partial charge in [0.15, 0.2) is 5.69 Å². The normalized spacial score (nSPS) is 14.2. The number of aromatic nitrogens is 4. The Bertz CT molecular complexity index is 935. The maximum absolute atomic E-state index is 12.9. The first kappa shape index (κ1) is 16.6. The van der Waals surface area contributed by atoms with E-state index in [0.29, 0.717) is 18.8 Å². The van der Waals surface area contributed by atoms with E-state index in [0.717, 1.165) is 29.8 Å². The van der Waals surface area contributed by atoms with Gasteiger partial charge in [0.25, 0.3) is 5.91 Å². The molecule has 3 aromatic rings. The van der Waals surface area contributed by atoms with Crippen LogP contribution in [0.15, 0.2) is 36.4 Å². The lowest BCUT2D eigenvalue weighted by Gasteiger charge is -2.19. The summed E-state index contributed by atoms with van der Waals surface area (Å²) in [5.41, 5.74) is 6.15. The van der Waals surface area contributed by atoms with Crippen molar-refractivity contribution in [2.45, 2.75) is 19.8 Å². The SMILES string of the molecule is Cc1cc(C(=O)N2CCc3c(-c4ccccc4)nn(C)c3CC2)nn1C. The number of rotatable bonds is 2. The molecule has 26 heavy (non-hydrogen) atoms. The number of amides is 1. The van der Waals surface area contributed by atoms with Crippen molar-refractivity contribution in [2.24, 2.45) is 14.1 Å². The monoisotopic (exact) mass is 349 g/mol. The Morgan fingerprint density at radius 2 is 1.73 bits per heavy atom. The summed E-state index contributed by atoms with van der Waals surface area (Å²) in [6.45, 7) is 3.34. The Morgan fingerprint density at radius 1 is 1.00 bits per heavy atom. The van der Waals surface area contributed by atoms with Gasteiger partial charge in [-0.1, -0.05) is 30.3 Å². The standard InChI is InChI=1S/C20H23N5O/c1-14-13-17(21-23(14)2)20(26)25-11-9-16-18(10-12-25)24(3)22-19(16)15-7-5-4-6-8-15/h4-8,13H,9-12H2,1-3H3. The molecule has 0 aliphatic carbocycles. The molecule has 3 heterocycles. The molecule has 1 amide bonds. The summed E-state index contributed by atoms with van der Waals surface area (Å²) >= 11 is 0. The van der Waals surface area contributed by atoms with Gasteiger partial charge in [-0.15, -0.1) is 0 Å². The van der Waals surface area contributed by atoms with Crippen molar-refractivity contribution in [1.82, 2.24) is 24.5 Å². The van der Waals surface area contributed by atoms with Crippen LogP contribution in [0.1, 0.15) is 27.4 Å².